The third kappa shape index (κ3) is 3.77. The fourth-order valence-electron chi connectivity index (χ4n) is 1.61. The zero-order valence-corrected chi connectivity index (χ0v) is 11.1. The number of carbonyl (C=O) groups excluding carboxylic acids is 1. The smallest absolute Gasteiger partial charge is 0.337 e. The summed E-state index contributed by atoms with van der Waals surface area (Å²) >= 11 is 0. The van der Waals surface area contributed by atoms with E-state index in [1.165, 1.54) is 0 Å². The van der Waals surface area contributed by atoms with Crippen molar-refractivity contribution in [1.82, 2.24) is 14.5 Å². The van der Waals surface area contributed by atoms with E-state index in [1.54, 1.807) is 0 Å². The second-order valence-electron chi connectivity index (χ2n) is 4.29. The minimum Gasteiger partial charge on any atom is -0.337 e. The Morgan fingerprint density at radius 1 is 1.37 bits per heavy atom. The van der Waals surface area contributed by atoms with E-state index in [2.05, 4.69) is 12.2 Å². The maximum atomic E-state index is 13.2. The zero-order valence-electron chi connectivity index (χ0n) is 11.1. The van der Waals surface area contributed by atoms with Crippen LogP contribution in [0.2, 0.25) is 0 Å². The van der Waals surface area contributed by atoms with E-state index in [-0.39, 0.29) is 1.43 Å². The normalized spacial score (nSPS) is 10.5. The van der Waals surface area contributed by atoms with Crippen molar-refractivity contribution in [1.29, 1.82) is 0 Å². The van der Waals surface area contributed by atoms with Gasteiger partial charge in [-0.15, -0.1) is 0 Å². The number of rotatable bonds is 5. The van der Waals surface area contributed by atoms with Crippen LogP contribution in [0.5, 0.6) is 0 Å². The van der Waals surface area contributed by atoms with Crippen molar-refractivity contribution >= 4 is 6.03 Å². The summed E-state index contributed by atoms with van der Waals surface area (Å²) in [6.07, 6.45) is 4.55. The molecule has 19 heavy (non-hydrogen) atoms. The highest BCUT2D eigenvalue weighted by molar-refractivity contribution is 5.76. The maximum absolute atomic E-state index is 13.2. The summed E-state index contributed by atoms with van der Waals surface area (Å²) in [5.74, 6) is -1.14. The van der Waals surface area contributed by atoms with Crippen LogP contribution in [0.1, 0.15) is 34.0 Å². The molecular formula is C12H20FN3O3. The quantitative estimate of drug-likeness (QED) is 0.816. The van der Waals surface area contributed by atoms with Gasteiger partial charge in [0.15, 0.2) is 0 Å². The Kier molecular flexibility index (Phi) is 5.47. The highest BCUT2D eigenvalue weighted by Gasteiger charge is 2.13. The van der Waals surface area contributed by atoms with Crippen LogP contribution in [0.15, 0.2) is 15.8 Å². The minimum atomic E-state index is -1.14. The van der Waals surface area contributed by atoms with Crippen LogP contribution in [0, 0.1) is 5.82 Å². The Bertz CT molecular complexity index is 568. The van der Waals surface area contributed by atoms with Crippen LogP contribution in [0.4, 0.5) is 9.18 Å². The summed E-state index contributed by atoms with van der Waals surface area (Å²) in [6, 6.07) is -0.726. The third-order valence-electron chi connectivity index (χ3n) is 2.77. The predicted octanol–water partition coefficient (Wildman–Crippen LogP) is 1.07. The Balaban J connectivity index is 0.00000361. The van der Waals surface area contributed by atoms with Crippen molar-refractivity contribution in [3.8, 4) is 0 Å². The molecular weight excluding hydrogens is 253 g/mol. The van der Waals surface area contributed by atoms with E-state index < -0.39 is 23.1 Å². The Morgan fingerprint density at radius 2 is 2.05 bits per heavy atom. The topological polar surface area (TPSA) is 73.1 Å². The first-order valence-corrected chi connectivity index (χ1v) is 6.25. The lowest BCUT2D eigenvalue weighted by molar-refractivity contribution is 0.240. The Morgan fingerprint density at radius 3 is 2.68 bits per heavy atom. The monoisotopic (exact) mass is 273 g/mol. The first kappa shape index (κ1) is 15.1. The molecule has 0 fully saturated rings. The number of hydrogen-bond acceptors (Lipinski definition) is 3. The molecule has 108 valence electrons. The van der Waals surface area contributed by atoms with Gasteiger partial charge in [0.25, 0.3) is 5.56 Å². The molecule has 0 aliphatic rings. The van der Waals surface area contributed by atoms with Gasteiger partial charge < -0.3 is 5.32 Å². The molecule has 0 aromatic carbocycles. The molecule has 0 spiro atoms. The fourth-order valence-corrected chi connectivity index (χ4v) is 1.61. The average molecular weight is 273 g/mol. The van der Waals surface area contributed by atoms with Crippen LogP contribution < -0.4 is 16.6 Å². The molecule has 0 saturated carbocycles. The van der Waals surface area contributed by atoms with Gasteiger partial charge in [0, 0.05) is 15.0 Å². The molecule has 1 rings (SSSR count). The summed E-state index contributed by atoms with van der Waals surface area (Å²) in [7, 11) is 1.12. The Hall–Kier alpha value is -1.92. The molecule has 0 aliphatic heterocycles. The van der Waals surface area contributed by atoms with Crippen molar-refractivity contribution in [3.63, 3.8) is 0 Å². The second kappa shape index (κ2) is 6.86. The van der Waals surface area contributed by atoms with Gasteiger partial charge in [-0.05, 0) is 6.42 Å². The van der Waals surface area contributed by atoms with Gasteiger partial charge in [-0.1, -0.05) is 26.2 Å². The molecule has 1 amide bonds. The minimum absolute atomic E-state index is 0. The molecule has 1 N–H and O–H groups in total. The predicted molar refractivity (Wildman–Crippen MR) is 71.0 cm³/mol. The van der Waals surface area contributed by atoms with E-state index >= 15 is 0 Å². The molecule has 1 aromatic heterocycles. The van der Waals surface area contributed by atoms with E-state index in [1.807, 2.05) is 0 Å². The van der Waals surface area contributed by atoms with E-state index in [0.717, 1.165) is 32.7 Å². The zero-order chi connectivity index (χ0) is 14.4. The van der Waals surface area contributed by atoms with Crippen LogP contribution in [-0.4, -0.2) is 21.7 Å². The number of carbonyl (C=O) groups is 1. The lowest BCUT2D eigenvalue weighted by Crippen LogP contribution is -2.45. The largest absolute Gasteiger partial charge is 0.339 e. The van der Waals surface area contributed by atoms with Crippen LogP contribution in [0.3, 0.4) is 0 Å². The summed E-state index contributed by atoms with van der Waals surface area (Å²) in [5.41, 5.74) is -1.91. The summed E-state index contributed by atoms with van der Waals surface area (Å²) < 4.78 is 14.3. The fraction of sp³-hybridized carbons (Fsp3) is 0.583. The van der Waals surface area contributed by atoms with E-state index in [4.69, 9.17) is 0 Å². The molecule has 0 unspecified atom stereocenters. The second-order valence-corrected chi connectivity index (χ2v) is 4.29. The number of hydrogen-bond donors (Lipinski definition) is 1. The van der Waals surface area contributed by atoms with Crippen molar-refractivity contribution in [2.45, 2.75) is 32.6 Å². The number of nitrogens with one attached hydrogen (secondary N) is 1. The highest BCUT2D eigenvalue weighted by Crippen LogP contribution is 1.97. The van der Waals surface area contributed by atoms with Gasteiger partial charge in [0.1, 0.15) is 0 Å². The van der Waals surface area contributed by atoms with E-state index in [0.29, 0.717) is 21.9 Å². The molecule has 0 saturated heterocycles. The van der Waals surface area contributed by atoms with Crippen LogP contribution >= 0.6 is 0 Å². The van der Waals surface area contributed by atoms with Crippen molar-refractivity contribution < 1.29 is 10.6 Å². The number of amides is 1. The van der Waals surface area contributed by atoms with Gasteiger partial charge >= 0.3 is 11.7 Å². The molecule has 0 atom stereocenters. The highest BCUT2D eigenvalue weighted by atomic mass is 19.1. The molecule has 0 aliphatic carbocycles. The van der Waals surface area contributed by atoms with Gasteiger partial charge in [-0.3, -0.25) is 9.36 Å². The molecule has 1 aromatic rings. The van der Waals surface area contributed by atoms with E-state index in [9.17, 15) is 18.8 Å². The molecule has 7 heteroatoms. The van der Waals surface area contributed by atoms with Crippen molar-refractivity contribution in [2.24, 2.45) is 7.05 Å². The number of nitrogens with zero attached hydrogens (tertiary/aromatic N) is 2. The average Bonchev–Trinajstić information content (AvgIpc) is 2.40. The number of aromatic nitrogens is 2. The summed E-state index contributed by atoms with van der Waals surface area (Å²) in [6.45, 7) is 2.49. The standard InChI is InChI=1S/C12H18FN3O3.H2/c1-3-4-5-6-7-14-11(18)16-8-9(13)10(17)15(2)12(16)19;/h8H,3-7H2,1-2H3,(H,14,18);1H. The first-order chi connectivity index (χ1) is 8.99. The van der Waals surface area contributed by atoms with Crippen molar-refractivity contribution in [3.05, 3.63) is 32.9 Å². The van der Waals surface area contributed by atoms with Gasteiger partial charge in [-0.2, -0.15) is 4.39 Å². The molecule has 0 radical (unpaired) electrons. The first-order valence-electron chi connectivity index (χ1n) is 6.25. The SMILES string of the molecule is CCCCCCNC(=O)n1cc(F)c(=O)n(C)c1=O.[HH]. The molecule has 0 bridgehead atoms. The number of unbranched alkanes of at least 4 members (excludes halogenated alkanes) is 3. The summed E-state index contributed by atoms with van der Waals surface area (Å²) in [5, 5.41) is 2.51. The van der Waals surface area contributed by atoms with Crippen molar-refractivity contribution in [2.75, 3.05) is 6.54 Å². The summed E-state index contributed by atoms with van der Waals surface area (Å²) in [4.78, 5) is 34.4. The third-order valence-corrected chi connectivity index (χ3v) is 2.77. The van der Waals surface area contributed by atoms with Crippen LogP contribution in [0.25, 0.3) is 0 Å². The lowest BCUT2D eigenvalue weighted by Gasteiger charge is -2.08. The van der Waals surface area contributed by atoms with Gasteiger partial charge in [0.2, 0.25) is 5.82 Å². The van der Waals surface area contributed by atoms with Gasteiger partial charge in [0.05, 0.1) is 6.20 Å². The number of halogens is 1. The van der Waals surface area contributed by atoms with Crippen LogP contribution in [-0.2, 0) is 7.05 Å². The molecule has 6 nitrogen and oxygen atoms in total. The van der Waals surface area contributed by atoms with Gasteiger partial charge in [-0.25, -0.2) is 14.2 Å². The maximum Gasteiger partial charge on any atom is 0.339 e. The lowest BCUT2D eigenvalue weighted by atomic mass is 10.2. The molecule has 1 heterocycles. The Labute approximate surface area is 111 Å².